The van der Waals surface area contributed by atoms with Crippen molar-refractivity contribution in [2.75, 3.05) is 0 Å². The molecule has 0 aliphatic rings. The first kappa shape index (κ1) is 23.9. The highest BCUT2D eigenvalue weighted by Gasteiger charge is 1.96. The minimum absolute atomic E-state index is 0.101. The van der Waals surface area contributed by atoms with Gasteiger partial charge >= 0.3 is 0 Å². The predicted octanol–water partition coefficient (Wildman–Crippen LogP) is 7.05. The lowest BCUT2D eigenvalue weighted by Crippen LogP contribution is -2.29. The number of hydrogen-bond donors (Lipinski definition) is 2. The van der Waals surface area contributed by atoms with E-state index in [1.165, 1.54) is 122 Å². The third-order valence-electron chi connectivity index (χ3n) is 5.14. The summed E-state index contributed by atoms with van der Waals surface area (Å²) in [6.45, 7) is 2.29. The van der Waals surface area contributed by atoms with Crippen molar-refractivity contribution in [1.29, 1.82) is 0 Å². The molecule has 0 aromatic rings. The Morgan fingerprint density at radius 3 is 0.917 bits per heavy atom. The van der Waals surface area contributed by atoms with Gasteiger partial charge in [0.2, 0.25) is 0 Å². The fourth-order valence-electron chi connectivity index (χ4n) is 3.46. The summed E-state index contributed by atoms with van der Waals surface area (Å²) in [5, 5.41) is 0. The van der Waals surface area contributed by atoms with Gasteiger partial charge in [0.1, 0.15) is 0 Å². The van der Waals surface area contributed by atoms with Gasteiger partial charge in [-0.25, -0.2) is 0 Å². The van der Waals surface area contributed by atoms with Gasteiger partial charge in [0.05, 0.1) is 6.17 Å². The van der Waals surface area contributed by atoms with E-state index in [9.17, 15) is 0 Å². The lowest BCUT2D eigenvalue weighted by atomic mass is 10.0. The van der Waals surface area contributed by atoms with Crippen LogP contribution in [0.1, 0.15) is 135 Å². The maximum atomic E-state index is 5.55. The summed E-state index contributed by atoms with van der Waals surface area (Å²) >= 11 is 0. The highest BCUT2D eigenvalue weighted by molar-refractivity contribution is 4.53. The van der Waals surface area contributed by atoms with E-state index in [-0.39, 0.29) is 6.17 Å². The molecule has 0 aliphatic heterocycles. The smallest absolute Gasteiger partial charge is 0.0520 e. The minimum atomic E-state index is -0.101. The molecule has 24 heavy (non-hydrogen) atoms. The number of nitrogens with two attached hydrogens (primary N) is 2. The van der Waals surface area contributed by atoms with E-state index in [1.807, 2.05) is 0 Å². The van der Waals surface area contributed by atoms with Gasteiger partial charge in [-0.1, -0.05) is 129 Å². The Hall–Kier alpha value is -0.0800. The van der Waals surface area contributed by atoms with Crippen LogP contribution in [0.25, 0.3) is 0 Å². The fraction of sp³-hybridized carbons (Fsp3) is 1.00. The van der Waals surface area contributed by atoms with Crippen LogP contribution in [0.5, 0.6) is 0 Å². The van der Waals surface area contributed by atoms with Crippen LogP contribution in [0.2, 0.25) is 0 Å². The summed E-state index contributed by atoms with van der Waals surface area (Å²) in [6, 6.07) is 0. The molecule has 0 unspecified atom stereocenters. The summed E-state index contributed by atoms with van der Waals surface area (Å²) in [6.07, 6.45) is 27.9. The Morgan fingerprint density at radius 1 is 0.417 bits per heavy atom. The highest BCUT2D eigenvalue weighted by atomic mass is 14.8. The van der Waals surface area contributed by atoms with Crippen molar-refractivity contribution in [1.82, 2.24) is 0 Å². The molecule has 0 aromatic heterocycles. The SMILES string of the molecule is CCCCCCCCCCCCCCCCCCCCCC(N)N. The number of rotatable bonds is 20. The van der Waals surface area contributed by atoms with E-state index in [4.69, 9.17) is 11.5 Å². The summed E-state index contributed by atoms with van der Waals surface area (Å²) in [4.78, 5) is 0. The molecule has 0 saturated heterocycles. The molecule has 0 fully saturated rings. The summed E-state index contributed by atoms with van der Waals surface area (Å²) in [7, 11) is 0. The average molecular weight is 341 g/mol. The van der Waals surface area contributed by atoms with E-state index in [2.05, 4.69) is 6.92 Å². The van der Waals surface area contributed by atoms with Crippen molar-refractivity contribution >= 4 is 0 Å². The van der Waals surface area contributed by atoms with E-state index >= 15 is 0 Å². The van der Waals surface area contributed by atoms with Crippen LogP contribution in [0.4, 0.5) is 0 Å². The van der Waals surface area contributed by atoms with Crippen LogP contribution in [0.3, 0.4) is 0 Å². The Bertz CT molecular complexity index is 216. The second-order valence-electron chi connectivity index (χ2n) is 7.82. The van der Waals surface area contributed by atoms with Gasteiger partial charge in [-0.3, -0.25) is 0 Å². The molecule has 0 saturated carbocycles. The van der Waals surface area contributed by atoms with E-state index in [0.717, 1.165) is 6.42 Å². The van der Waals surface area contributed by atoms with Crippen LogP contribution in [-0.4, -0.2) is 6.17 Å². The van der Waals surface area contributed by atoms with E-state index in [0.29, 0.717) is 0 Å². The van der Waals surface area contributed by atoms with Crippen molar-refractivity contribution in [3.8, 4) is 0 Å². The molecule has 0 bridgehead atoms. The van der Waals surface area contributed by atoms with Gasteiger partial charge in [0.25, 0.3) is 0 Å². The fourth-order valence-corrected chi connectivity index (χ4v) is 3.46. The Balaban J connectivity index is 2.95. The van der Waals surface area contributed by atoms with Crippen LogP contribution < -0.4 is 11.5 Å². The van der Waals surface area contributed by atoms with Gasteiger partial charge in [-0.15, -0.1) is 0 Å². The molecule has 0 radical (unpaired) electrons. The van der Waals surface area contributed by atoms with Crippen molar-refractivity contribution in [3.63, 3.8) is 0 Å². The van der Waals surface area contributed by atoms with Gasteiger partial charge in [0, 0.05) is 0 Å². The Kier molecular flexibility index (Phi) is 20.9. The molecule has 0 atom stereocenters. The lowest BCUT2D eigenvalue weighted by molar-refractivity contribution is 0.514. The molecule has 0 spiro atoms. The number of hydrogen-bond acceptors (Lipinski definition) is 2. The van der Waals surface area contributed by atoms with Crippen LogP contribution in [-0.2, 0) is 0 Å². The summed E-state index contributed by atoms with van der Waals surface area (Å²) < 4.78 is 0. The average Bonchev–Trinajstić information content (AvgIpc) is 2.56. The highest BCUT2D eigenvalue weighted by Crippen LogP contribution is 2.14. The quantitative estimate of drug-likeness (QED) is 0.184. The largest absolute Gasteiger partial charge is 0.316 e. The molecule has 146 valence electrons. The standard InChI is InChI=1S/C22H48N2/c1-2-3-4-5-6-7-8-9-10-11-12-13-14-15-16-17-18-19-20-21-22(23)24/h22H,2-21,23-24H2,1H3. The molecule has 2 nitrogen and oxygen atoms in total. The molecule has 0 rings (SSSR count). The Morgan fingerprint density at radius 2 is 0.667 bits per heavy atom. The normalized spacial score (nSPS) is 11.5. The first-order valence-corrected chi connectivity index (χ1v) is 11.3. The third-order valence-corrected chi connectivity index (χ3v) is 5.14. The first-order chi connectivity index (χ1) is 11.8. The lowest BCUT2D eigenvalue weighted by Gasteiger charge is -2.05. The predicted molar refractivity (Wildman–Crippen MR) is 110 cm³/mol. The third kappa shape index (κ3) is 21.9. The zero-order chi connectivity index (χ0) is 17.7. The monoisotopic (exact) mass is 340 g/mol. The molecule has 2 heteroatoms. The van der Waals surface area contributed by atoms with Crippen molar-refractivity contribution in [2.45, 2.75) is 142 Å². The van der Waals surface area contributed by atoms with Crippen LogP contribution >= 0.6 is 0 Å². The van der Waals surface area contributed by atoms with Crippen LogP contribution in [0, 0.1) is 0 Å². The number of unbranched alkanes of at least 4 members (excludes halogenated alkanes) is 18. The van der Waals surface area contributed by atoms with Gasteiger partial charge in [0.15, 0.2) is 0 Å². The summed E-state index contributed by atoms with van der Waals surface area (Å²) in [5.41, 5.74) is 11.1. The topological polar surface area (TPSA) is 52.0 Å². The Labute approximate surface area is 153 Å². The second kappa shape index (κ2) is 21.0. The zero-order valence-electron chi connectivity index (χ0n) is 16.9. The molecule has 0 amide bonds. The molecule has 4 N–H and O–H groups in total. The van der Waals surface area contributed by atoms with Crippen molar-refractivity contribution in [3.05, 3.63) is 0 Å². The van der Waals surface area contributed by atoms with Gasteiger partial charge in [-0.05, 0) is 6.42 Å². The summed E-state index contributed by atoms with van der Waals surface area (Å²) in [5.74, 6) is 0. The van der Waals surface area contributed by atoms with E-state index in [1.54, 1.807) is 0 Å². The van der Waals surface area contributed by atoms with Gasteiger partial charge in [-0.2, -0.15) is 0 Å². The molecular weight excluding hydrogens is 292 g/mol. The maximum Gasteiger partial charge on any atom is 0.0520 e. The molecular formula is C22H48N2. The van der Waals surface area contributed by atoms with Crippen LogP contribution in [0.15, 0.2) is 0 Å². The molecule has 0 aliphatic carbocycles. The van der Waals surface area contributed by atoms with Gasteiger partial charge < -0.3 is 11.5 Å². The van der Waals surface area contributed by atoms with E-state index < -0.39 is 0 Å². The zero-order valence-corrected chi connectivity index (χ0v) is 16.9. The second-order valence-corrected chi connectivity index (χ2v) is 7.82. The molecule has 0 aromatic carbocycles. The van der Waals surface area contributed by atoms with Crippen molar-refractivity contribution < 1.29 is 0 Å². The molecule has 0 heterocycles. The minimum Gasteiger partial charge on any atom is -0.316 e. The maximum absolute atomic E-state index is 5.55. The van der Waals surface area contributed by atoms with Crippen molar-refractivity contribution in [2.24, 2.45) is 11.5 Å². The first-order valence-electron chi connectivity index (χ1n) is 11.3.